The lowest BCUT2D eigenvalue weighted by atomic mass is 9.89. The maximum atomic E-state index is 12.3. The van der Waals surface area contributed by atoms with Crippen LogP contribution in [-0.4, -0.2) is 50.9 Å². The molecule has 2 rings (SSSR count). The zero-order valence-electron chi connectivity index (χ0n) is 15.7. The molecule has 5 nitrogen and oxygen atoms in total. The second-order valence-corrected chi connectivity index (χ2v) is 9.57. The zero-order chi connectivity index (χ0) is 18.6. The van der Waals surface area contributed by atoms with E-state index in [0.29, 0.717) is 0 Å². The third-order valence-corrected chi connectivity index (χ3v) is 6.03. The standard InChI is InChI=1S/C19H30N2O3S/c1-14(13-25(4,23)24)21(3)12-19(22)20-15(2)17-10-9-16-7-5-6-8-18(16)11-17/h9-11,14-15H,5-8,12-13H2,1-4H3,(H,20,22). The van der Waals surface area contributed by atoms with Crippen LogP contribution in [0.15, 0.2) is 18.2 Å². The molecule has 0 heterocycles. The first-order chi connectivity index (χ1) is 11.7. The molecule has 0 saturated heterocycles. The molecule has 0 aromatic heterocycles. The van der Waals surface area contributed by atoms with Crippen LogP contribution in [0.3, 0.4) is 0 Å². The van der Waals surface area contributed by atoms with Gasteiger partial charge in [-0.25, -0.2) is 8.42 Å². The monoisotopic (exact) mass is 366 g/mol. The highest BCUT2D eigenvalue weighted by atomic mass is 32.2. The number of carbonyl (C=O) groups excluding carboxylic acids is 1. The molecule has 1 amide bonds. The molecule has 0 aliphatic heterocycles. The number of carbonyl (C=O) groups is 1. The summed E-state index contributed by atoms with van der Waals surface area (Å²) in [4.78, 5) is 14.1. The summed E-state index contributed by atoms with van der Waals surface area (Å²) in [6, 6.07) is 6.26. The average Bonchev–Trinajstić information content (AvgIpc) is 2.52. The third-order valence-electron chi connectivity index (χ3n) is 4.94. The Hall–Kier alpha value is -1.40. The second-order valence-electron chi connectivity index (χ2n) is 7.38. The molecule has 25 heavy (non-hydrogen) atoms. The molecule has 6 heteroatoms. The summed E-state index contributed by atoms with van der Waals surface area (Å²) in [7, 11) is -1.28. The van der Waals surface area contributed by atoms with Gasteiger partial charge in [-0.1, -0.05) is 18.2 Å². The Morgan fingerprint density at radius 1 is 1.20 bits per heavy atom. The zero-order valence-corrected chi connectivity index (χ0v) is 16.5. The number of likely N-dealkylation sites (N-methyl/N-ethyl adjacent to an activating group) is 1. The van der Waals surface area contributed by atoms with Crippen molar-refractivity contribution in [1.82, 2.24) is 10.2 Å². The summed E-state index contributed by atoms with van der Waals surface area (Å²) in [6.45, 7) is 4.00. The van der Waals surface area contributed by atoms with Crippen molar-refractivity contribution in [2.24, 2.45) is 0 Å². The maximum Gasteiger partial charge on any atom is 0.234 e. The van der Waals surface area contributed by atoms with Crippen LogP contribution in [0.2, 0.25) is 0 Å². The molecule has 2 atom stereocenters. The Kier molecular flexibility index (Phi) is 6.63. The highest BCUT2D eigenvalue weighted by molar-refractivity contribution is 7.90. The van der Waals surface area contributed by atoms with Gasteiger partial charge in [0.1, 0.15) is 9.84 Å². The molecule has 0 radical (unpaired) electrons. The largest absolute Gasteiger partial charge is 0.348 e. The molecule has 1 aliphatic rings. The molecular formula is C19H30N2O3S. The van der Waals surface area contributed by atoms with E-state index in [1.54, 1.807) is 11.9 Å². The van der Waals surface area contributed by atoms with Crippen molar-refractivity contribution in [3.63, 3.8) is 0 Å². The highest BCUT2D eigenvalue weighted by Crippen LogP contribution is 2.24. The minimum absolute atomic E-state index is 0.0527. The molecule has 0 spiro atoms. The van der Waals surface area contributed by atoms with Gasteiger partial charge >= 0.3 is 0 Å². The number of benzene rings is 1. The predicted molar refractivity (Wildman–Crippen MR) is 101 cm³/mol. The number of sulfone groups is 1. The van der Waals surface area contributed by atoms with Crippen LogP contribution < -0.4 is 5.32 Å². The Bertz CT molecular complexity index is 715. The van der Waals surface area contributed by atoms with Crippen molar-refractivity contribution in [1.29, 1.82) is 0 Å². The lowest BCUT2D eigenvalue weighted by Crippen LogP contribution is -2.42. The molecule has 1 aromatic carbocycles. The fourth-order valence-corrected chi connectivity index (χ4v) is 4.47. The van der Waals surface area contributed by atoms with Crippen molar-refractivity contribution in [3.8, 4) is 0 Å². The molecule has 2 unspecified atom stereocenters. The number of hydrogen-bond acceptors (Lipinski definition) is 4. The van der Waals surface area contributed by atoms with Gasteiger partial charge in [0.25, 0.3) is 0 Å². The first-order valence-electron chi connectivity index (χ1n) is 8.95. The van der Waals surface area contributed by atoms with Crippen LogP contribution in [0, 0.1) is 0 Å². The SMILES string of the molecule is CC(NC(=O)CN(C)C(C)CS(C)(=O)=O)c1ccc2c(c1)CCCC2. The summed E-state index contributed by atoms with van der Waals surface area (Å²) in [5, 5.41) is 3.02. The number of rotatable bonds is 7. The van der Waals surface area contributed by atoms with Gasteiger partial charge < -0.3 is 5.32 Å². The predicted octanol–water partition coefficient (Wildman–Crippen LogP) is 2.11. The topological polar surface area (TPSA) is 66.5 Å². The maximum absolute atomic E-state index is 12.3. The van der Waals surface area contributed by atoms with Gasteiger partial charge in [-0.05, 0) is 63.3 Å². The van der Waals surface area contributed by atoms with E-state index in [0.717, 1.165) is 18.4 Å². The van der Waals surface area contributed by atoms with E-state index < -0.39 is 9.84 Å². The van der Waals surface area contributed by atoms with Crippen molar-refractivity contribution in [2.75, 3.05) is 25.6 Å². The normalized spacial score (nSPS) is 17.0. The van der Waals surface area contributed by atoms with Gasteiger partial charge in [0, 0.05) is 12.3 Å². The summed E-state index contributed by atoms with van der Waals surface area (Å²) in [5.74, 6) is -0.0370. The van der Waals surface area contributed by atoms with E-state index in [-0.39, 0.29) is 30.3 Å². The molecule has 1 N–H and O–H groups in total. The molecular weight excluding hydrogens is 336 g/mol. The van der Waals surface area contributed by atoms with Crippen LogP contribution >= 0.6 is 0 Å². The van der Waals surface area contributed by atoms with Crippen molar-refractivity contribution in [3.05, 3.63) is 34.9 Å². The van der Waals surface area contributed by atoms with Crippen LogP contribution in [0.5, 0.6) is 0 Å². The summed E-state index contributed by atoms with van der Waals surface area (Å²) < 4.78 is 22.8. The van der Waals surface area contributed by atoms with Gasteiger partial charge in [0.2, 0.25) is 5.91 Å². The number of hydrogen-bond donors (Lipinski definition) is 1. The highest BCUT2D eigenvalue weighted by Gasteiger charge is 2.19. The molecule has 0 fully saturated rings. The molecule has 140 valence electrons. The molecule has 1 aromatic rings. The number of amides is 1. The van der Waals surface area contributed by atoms with Gasteiger partial charge in [-0.15, -0.1) is 0 Å². The molecule has 0 bridgehead atoms. The van der Waals surface area contributed by atoms with Crippen molar-refractivity contribution >= 4 is 15.7 Å². The van der Waals surface area contributed by atoms with E-state index in [4.69, 9.17) is 0 Å². The number of nitrogens with one attached hydrogen (secondary N) is 1. The summed E-state index contributed by atoms with van der Waals surface area (Å²) in [6.07, 6.45) is 5.99. The first-order valence-corrected chi connectivity index (χ1v) is 11.0. The van der Waals surface area contributed by atoms with E-state index in [1.807, 2.05) is 13.8 Å². The van der Waals surface area contributed by atoms with E-state index >= 15 is 0 Å². The molecule has 0 saturated carbocycles. The summed E-state index contributed by atoms with van der Waals surface area (Å²) in [5.41, 5.74) is 3.97. The van der Waals surface area contributed by atoms with E-state index in [2.05, 4.69) is 23.5 Å². The van der Waals surface area contributed by atoms with Crippen LogP contribution in [0.1, 0.15) is 49.4 Å². The average molecular weight is 367 g/mol. The van der Waals surface area contributed by atoms with Crippen LogP contribution in [0.4, 0.5) is 0 Å². The van der Waals surface area contributed by atoms with E-state index in [9.17, 15) is 13.2 Å². The lowest BCUT2D eigenvalue weighted by molar-refractivity contribution is -0.122. The fraction of sp³-hybridized carbons (Fsp3) is 0.632. The van der Waals surface area contributed by atoms with Crippen LogP contribution in [0.25, 0.3) is 0 Å². The Morgan fingerprint density at radius 3 is 2.48 bits per heavy atom. The first kappa shape index (κ1) is 19.9. The second kappa shape index (κ2) is 8.32. The van der Waals surface area contributed by atoms with Gasteiger partial charge in [0.05, 0.1) is 18.3 Å². The summed E-state index contributed by atoms with van der Waals surface area (Å²) >= 11 is 0. The van der Waals surface area contributed by atoms with Gasteiger partial charge in [0.15, 0.2) is 0 Å². The Balaban J connectivity index is 1.91. The van der Waals surface area contributed by atoms with Crippen molar-refractivity contribution in [2.45, 2.75) is 51.6 Å². The lowest BCUT2D eigenvalue weighted by Gasteiger charge is -2.25. The minimum atomic E-state index is -3.05. The minimum Gasteiger partial charge on any atom is -0.348 e. The van der Waals surface area contributed by atoms with Crippen LogP contribution in [-0.2, 0) is 27.5 Å². The third kappa shape index (κ3) is 6.12. The van der Waals surface area contributed by atoms with Gasteiger partial charge in [-0.2, -0.15) is 0 Å². The van der Waals surface area contributed by atoms with Crippen molar-refractivity contribution < 1.29 is 13.2 Å². The number of nitrogens with zero attached hydrogens (tertiary/aromatic N) is 1. The fourth-order valence-electron chi connectivity index (χ4n) is 3.34. The Morgan fingerprint density at radius 2 is 1.84 bits per heavy atom. The Labute approximate surface area is 151 Å². The smallest absolute Gasteiger partial charge is 0.234 e. The number of fused-ring (bicyclic) bond motifs is 1. The number of aryl methyl sites for hydroxylation is 2. The quantitative estimate of drug-likeness (QED) is 0.803. The molecule has 1 aliphatic carbocycles. The van der Waals surface area contributed by atoms with E-state index in [1.165, 1.54) is 30.2 Å². The van der Waals surface area contributed by atoms with Gasteiger partial charge in [-0.3, -0.25) is 9.69 Å².